The van der Waals surface area contributed by atoms with E-state index >= 15 is 0 Å². The van der Waals surface area contributed by atoms with Gasteiger partial charge in [-0.05, 0) is 48.6 Å². The number of benzene rings is 3. The predicted octanol–water partition coefficient (Wildman–Crippen LogP) is 5.91. The number of nitrogens with zero attached hydrogens (tertiary/aromatic N) is 1. The molecule has 0 saturated carbocycles. The molecule has 3 aromatic rings. The van der Waals surface area contributed by atoms with Crippen LogP contribution in [0.15, 0.2) is 78.9 Å². The van der Waals surface area contributed by atoms with Crippen molar-refractivity contribution in [2.45, 2.75) is 38.0 Å². The summed E-state index contributed by atoms with van der Waals surface area (Å²) in [5, 5.41) is 0. The molecule has 3 aromatic carbocycles. The van der Waals surface area contributed by atoms with Crippen molar-refractivity contribution in [2.24, 2.45) is 0 Å². The van der Waals surface area contributed by atoms with Gasteiger partial charge in [-0.3, -0.25) is 19.3 Å². The molecule has 2 amide bonds. The Morgan fingerprint density at radius 2 is 1.41 bits per heavy atom. The smallest absolute Gasteiger partial charge is 0.261 e. The van der Waals surface area contributed by atoms with E-state index in [4.69, 9.17) is 4.74 Å². The lowest BCUT2D eigenvalue weighted by Crippen LogP contribution is -2.30. The molecule has 0 fully saturated rings. The first-order valence-corrected chi connectivity index (χ1v) is 11.8. The van der Waals surface area contributed by atoms with Gasteiger partial charge in [-0.2, -0.15) is 0 Å². The highest BCUT2D eigenvalue weighted by Gasteiger charge is 2.34. The monoisotopic (exact) mass is 455 g/mol. The predicted molar refractivity (Wildman–Crippen MR) is 131 cm³/mol. The zero-order chi connectivity index (χ0) is 23.9. The van der Waals surface area contributed by atoms with Crippen molar-refractivity contribution in [3.8, 4) is 5.75 Å². The summed E-state index contributed by atoms with van der Waals surface area (Å²) in [6.07, 6.45) is 3.82. The lowest BCUT2D eigenvalue weighted by Gasteiger charge is -2.18. The van der Waals surface area contributed by atoms with Crippen LogP contribution in [0.25, 0.3) is 0 Å². The Morgan fingerprint density at radius 1 is 0.794 bits per heavy atom. The number of Topliss-reactive ketones (excluding diaryl/α,β-unsaturated/α-hetero) is 1. The lowest BCUT2D eigenvalue weighted by molar-refractivity contribution is 0.0650. The number of rotatable bonds is 11. The second kappa shape index (κ2) is 10.9. The van der Waals surface area contributed by atoms with Crippen molar-refractivity contribution in [1.29, 1.82) is 0 Å². The maximum atomic E-state index is 12.9. The SMILES string of the molecule is COc1ccc(C(CCCCCN2C(=O)c3ccccc3C2=O)CC(=O)c2ccccc2)cc1. The zero-order valence-corrected chi connectivity index (χ0v) is 19.4. The molecule has 1 aliphatic heterocycles. The van der Waals surface area contributed by atoms with Crippen molar-refractivity contribution in [3.05, 3.63) is 101 Å². The van der Waals surface area contributed by atoms with Crippen molar-refractivity contribution in [2.75, 3.05) is 13.7 Å². The van der Waals surface area contributed by atoms with Crippen LogP contribution in [-0.2, 0) is 0 Å². The summed E-state index contributed by atoms with van der Waals surface area (Å²) < 4.78 is 5.28. The molecular weight excluding hydrogens is 426 g/mol. The molecule has 5 nitrogen and oxygen atoms in total. The third kappa shape index (κ3) is 5.25. The first kappa shape index (κ1) is 23.4. The average molecular weight is 456 g/mol. The van der Waals surface area contributed by atoms with Crippen LogP contribution >= 0.6 is 0 Å². The molecular formula is C29H29NO4. The molecule has 1 aliphatic rings. The molecule has 0 N–H and O–H groups in total. The summed E-state index contributed by atoms with van der Waals surface area (Å²) in [5.41, 5.74) is 2.83. The van der Waals surface area contributed by atoms with E-state index in [2.05, 4.69) is 0 Å². The van der Waals surface area contributed by atoms with Crippen molar-refractivity contribution < 1.29 is 19.1 Å². The average Bonchev–Trinajstić information content (AvgIpc) is 3.13. The molecule has 0 saturated heterocycles. The Morgan fingerprint density at radius 3 is 2.03 bits per heavy atom. The van der Waals surface area contributed by atoms with Crippen molar-refractivity contribution in [3.63, 3.8) is 0 Å². The number of carbonyl (C=O) groups excluding carboxylic acids is 3. The Labute approximate surface area is 200 Å². The number of hydrogen-bond acceptors (Lipinski definition) is 4. The molecule has 1 atom stereocenters. The van der Waals surface area contributed by atoms with E-state index in [0.29, 0.717) is 24.1 Å². The molecule has 1 unspecified atom stereocenters. The Balaban J connectivity index is 1.34. The van der Waals surface area contributed by atoms with Crippen LogP contribution < -0.4 is 4.74 Å². The van der Waals surface area contributed by atoms with Gasteiger partial charge >= 0.3 is 0 Å². The van der Waals surface area contributed by atoms with Crippen LogP contribution in [0.4, 0.5) is 0 Å². The van der Waals surface area contributed by atoms with Gasteiger partial charge < -0.3 is 4.74 Å². The summed E-state index contributed by atoms with van der Waals surface area (Å²) in [7, 11) is 1.64. The van der Waals surface area contributed by atoms with Gasteiger partial charge in [0.05, 0.1) is 18.2 Å². The molecule has 34 heavy (non-hydrogen) atoms. The molecule has 0 spiro atoms. The van der Waals surface area contributed by atoms with Gasteiger partial charge in [0.25, 0.3) is 11.8 Å². The summed E-state index contributed by atoms with van der Waals surface area (Å²) in [6.45, 7) is 0.419. The second-order valence-corrected chi connectivity index (χ2v) is 8.62. The maximum Gasteiger partial charge on any atom is 0.261 e. The Hall–Kier alpha value is -3.73. The first-order valence-electron chi connectivity index (χ1n) is 11.8. The fraction of sp³-hybridized carbons (Fsp3) is 0.276. The van der Waals surface area contributed by atoms with Crippen LogP contribution in [0.2, 0.25) is 0 Å². The van der Waals surface area contributed by atoms with Crippen LogP contribution in [0.3, 0.4) is 0 Å². The number of hydrogen-bond donors (Lipinski definition) is 0. The van der Waals surface area contributed by atoms with E-state index in [-0.39, 0.29) is 23.5 Å². The highest BCUT2D eigenvalue weighted by molar-refractivity contribution is 6.21. The Bertz CT molecular complexity index is 1120. The molecule has 0 aromatic heterocycles. The summed E-state index contributed by atoms with van der Waals surface area (Å²) in [6, 6.07) is 24.3. The van der Waals surface area contributed by atoms with E-state index < -0.39 is 0 Å². The molecule has 5 heteroatoms. The van der Waals surface area contributed by atoms with E-state index in [1.54, 1.807) is 31.4 Å². The minimum atomic E-state index is -0.204. The van der Waals surface area contributed by atoms with E-state index in [0.717, 1.165) is 42.6 Å². The largest absolute Gasteiger partial charge is 0.497 e. The van der Waals surface area contributed by atoms with E-state index in [9.17, 15) is 14.4 Å². The van der Waals surface area contributed by atoms with E-state index in [1.807, 2.05) is 54.6 Å². The summed E-state index contributed by atoms with van der Waals surface area (Å²) >= 11 is 0. The van der Waals surface area contributed by atoms with Crippen LogP contribution in [0.1, 0.15) is 74.7 Å². The van der Waals surface area contributed by atoms with Gasteiger partial charge in [0.15, 0.2) is 5.78 Å². The lowest BCUT2D eigenvalue weighted by atomic mass is 9.87. The van der Waals surface area contributed by atoms with Gasteiger partial charge in [-0.25, -0.2) is 0 Å². The summed E-state index contributed by atoms with van der Waals surface area (Å²) in [5.74, 6) is 0.610. The quantitative estimate of drug-likeness (QED) is 0.205. The summed E-state index contributed by atoms with van der Waals surface area (Å²) in [4.78, 5) is 39.3. The minimum absolute atomic E-state index is 0.0953. The topological polar surface area (TPSA) is 63.7 Å². The molecule has 174 valence electrons. The molecule has 0 bridgehead atoms. The standard InChI is InChI=1S/C29H29NO4/c1-34-24-17-15-21(16-18-24)23(20-27(31)22-10-4-2-5-11-22)12-6-3-9-19-30-28(32)25-13-7-8-14-26(25)29(30)33/h2,4-5,7-8,10-11,13-18,23H,3,6,9,12,19-20H2,1H3. The third-order valence-electron chi connectivity index (χ3n) is 6.43. The highest BCUT2D eigenvalue weighted by atomic mass is 16.5. The number of unbranched alkanes of at least 4 members (excludes halogenated alkanes) is 2. The minimum Gasteiger partial charge on any atom is -0.497 e. The zero-order valence-electron chi connectivity index (χ0n) is 19.4. The van der Waals surface area contributed by atoms with Gasteiger partial charge in [-0.15, -0.1) is 0 Å². The number of ether oxygens (including phenoxy) is 1. The maximum absolute atomic E-state index is 12.9. The van der Waals surface area contributed by atoms with Gasteiger partial charge in [0.1, 0.15) is 5.75 Å². The Kier molecular flexibility index (Phi) is 7.53. The van der Waals surface area contributed by atoms with E-state index in [1.165, 1.54) is 4.90 Å². The van der Waals surface area contributed by atoms with Crippen molar-refractivity contribution >= 4 is 17.6 Å². The number of ketones is 1. The van der Waals surface area contributed by atoms with Crippen LogP contribution in [-0.4, -0.2) is 36.2 Å². The van der Waals surface area contributed by atoms with Gasteiger partial charge in [0, 0.05) is 18.5 Å². The molecule has 0 aliphatic carbocycles. The van der Waals surface area contributed by atoms with Crippen molar-refractivity contribution in [1.82, 2.24) is 4.90 Å². The highest BCUT2D eigenvalue weighted by Crippen LogP contribution is 2.29. The molecule has 0 radical (unpaired) electrons. The molecule has 1 heterocycles. The third-order valence-corrected chi connectivity index (χ3v) is 6.43. The molecule has 4 rings (SSSR count). The number of carbonyl (C=O) groups is 3. The fourth-order valence-electron chi connectivity index (χ4n) is 4.51. The van der Waals surface area contributed by atoms with Crippen LogP contribution in [0, 0.1) is 0 Å². The van der Waals surface area contributed by atoms with Gasteiger partial charge in [-0.1, -0.05) is 67.4 Å². The normalized spacial score (nSPS) is 13.6. The van der Waals surface area contributed by atoms with Crippen LogP contribution in [0.5, 0.6) is 5.75 Å². The number of methoxy groups -OCH3 is 1. The second-order valence-electron chi connectivity index (χ2n) is 8.62. The number of imide groups is 1. The number of amides is 2. The van der Waals surface area contributed by atoms with Gasteiger partial charge in [0.2, 0.25) is 0 Å². The fourth-order valence-corrected chi connectivity index (χ4v) is 4.51. The number of fused-ring (bicyclic) bond motifs is 1. The first-order chi connectivity index (χ1) is 16.6.